The number of nitrogens with one attached hydrogen (secondary N) is 2. The summed E-state index contributed by atoms with van der Waals surface area (Å²) in [7, 11) is 0. The highest BCUT2D eigenvalue weighted by Gasteiger charge is 2.15. The number of aryl methyl sites for hydroxylation is 1. The second kappa shape index (κ2) is 4.46. The highest BCUT2D eigenvalue weighted by atomic mass is 15.3. The molecule has 1 aromatic carbocycles. The van der Waals surface area contributed by atoms with Gasteiger partial charge in [-0.05, 0) is 23.5 Å². The second-order valence-electron chi connectivity index (χ2n) is 5.57. The molecule has 96 valence electrons. The van der Waals surface area contributed by atoms with E-state index in [1.165, 1.54) is 11.1 Å². The van der Waals surface area contributed by atoms with Crippen LogP contribution in [0, 0.1) is 6.92 Å². The molecule has 2 rings (SSSR count). The molecule has 1 heterocycles. The maximum atomic E-state index is 5.32. The fourth-order valence-corrected chi connectivity index (χ4v) is 1.96. The first kappa shape index (κ1) is 12.6. The number of benzene rings is 1. The first-order valence-electron chi connectivity index (χ1n) is 6.05. The molecule has 0 fully saturated rings. The molecule has 0 saturated heterocycles. The Hall–Kier alpha value is -1.81. The summed E-state index contributed by atoms with van der Waals surface area (Å²) in [5, 5.41) is 0. The zero-order valence-electron chi connectivity index (χ0n) is 11.3. The highest BCUT2D eigenvalue weighted by molar-refractivity contribution is 5.65. The number of imidazole rings is 1. The Balaban J connectivity index is 2.41. The maximum Gasteiger partial charge on any atom is 0.215 e. The minimum atomic E-state index is 0.168. The Morgan fingerprint density at radius 1 is 1.28 bits per heavy atom. The molecule has 0 saturated carbocycles. The summed E-state index contributed by atoms with van der Waals surface area (Å²) >= 11 is 0. The topological polar surface area (TPSA) is 66.7 Å². The Morgan fingerprint density at radius 2 is 2.00 bits per heavy atom. The van der Waals surface area contributed by atoms with Crippen molar-refractivity contribution in [2.75, 3.05) is 5.43 Å². The number of nitrogens with two attached hydrogens (primary N) is 1. The van der Waals surface area contributed by atoms with E-state index in [1.54, 1.807) is 6.20 Å². The lowest BCUT2D eigenvalue weighted by atomic mass is 9.85. The number of hydrogen-bond donors (Lipinski definition) is 3. The molecule has 0 spiro atoms. The van der Waals surface area contributed by atoms with Crippen LogP contribution in [0.2, 0.25) is 0 Å². The molecule has 2 aromatic rings. The number of nitrogens with zero attached hydrogens (tertiary/aromatic N) is 1. The van der Waals surface area contributed by atoms with E-state index in [2.05, 4.69) is 61.3 Å². The summed E-state index contributed by atoms with van der Waals surface area (Å²) in [5.41, 5.74) is 7.36. The van der Waals surface area contributed by atoms with Crippen molar-refractivity contribution < 1.29 is 0 Å². The lowest BCUT2D eigenvalue weighted by Crippen LogP contribution is -2.11. The molecular formula is C14H20N4. The molecule has 4 nitrogen and oxygen atoms in total. The van der Waals surface area contributed by atoms with Gasteiger partial charge in [-0.2, -0.15) is 0 Å². The van der Waals surface area contributed by atoms with Crippen molar-refractivity contribution in [3.63, 3.8) is 0 Å². The molecule has 4 heteroatoms. The minimum Gasteiger partial charge on any atom is -0.323 e. The lowest BCUT2D eigenvalue weighted by molar-refractivity contribution is 0.590. The largest absolute Gasteiger partial charge is 0.323 e. The molecule has 0 aliphatic rings. The Bertz CT molecular complexity index is 549. The van der Waals surface area contributed by atoms with E-state index in [9.17, 15) is 0 Å². The molecule has 1 aromatic heterocycles. The molecule has 0 atom stereocenters. The highest BCUT2D eigenvalue weighted by Crippen LogP contribution is 2.28. The fraction of sp³-hybridized carbons (Fsp3) is 0.357. The summed E-state index contributed by atoms with van der Waals surface area (Å²) < 4.78 is 0. The molecule has 0 aliphatic heterocycles. The first-order chi connectivity index (χ1) is 8.41. The number of anilines is 1. The third-order valence-corrected chi connectivity index (χ3v) is 3.10. The van der Waals surface area contributed by atoms with Crippen LogP contribution in [0.15, 0.2) is 24.4 Å². The van der Waals surface area contributed by atoms with Crippen LogP contribution in [-0.2, 0) is 5.41 Å². The summed E-state index contributed by atoms with van der Waals surface area (Å²) in [4.78, 5) is 7.26. The van der Waals surface area contributed by atoms with Crippen molar-refractivity contribution in [2.24, 2.45) is 5.84 Å². The van der Waals surface area contributed by atoms with Gasteiger partial charge >= 0.3 is 0 Å². The molecule has 0 bridgehead atoms. The minimum absolute atomic E-state index is 0.168. The van der Waals surface area contributed by atoms with E-state index in [4.69, 9.17) is 5.84 Å². The third-order valence-electron chi connectivity index (χ3n) is 3.10. The number of aromatic nitrogens is 2. The smallest absolute Gasteiger partial charge is 0.215 e. The zero-order chi connectivity index (χ0) is 13.3. The fourth-order valence-electron chi connectivity index (χ4n) is 1.96. The van der Waals surface area contributed by atoms with Crippen LogP contribution in [0.3, 0.4) is 0 Å². The SMILES string of the molecule is Cc1cc(C(C)(C)C)ccc1-c1cnc(NN)[nH]1. The van der Waals surface area contributed by atoms with Gasteiger partial charge in [0, 0.05) is 5.56 Å². The molecule has 18 heavy (non-hydrogen) atoms. The van der Waals surface area contributed by atoms with Crippen molar-refractivity contribution in [2.45, 2.75) is 33.1 Å². The van der Waals surface area contributed by atoms with Gasteiger partial charge in [-0.1, -0.05) is 39.0 Å². The number of hydrazine groups is 1. The molecule has 0 amide bonds. The summed E-state index contributed by atoms with van der Waals surface area (Å²) in [6, 6.07) is 6.52. The summed E-state index contributed by atoms with van der Waals surface area (Å²) in [6.45, 7) is 8.76. The quantitative estimate of drug-likeness (QED) is 0.562. The van der Waals surface area contributed by atoms with E-state index < -0.39 is 0 Å². The van der Waals surface area contributed by atoms with E-state index >= 15 is 0 Å². The van der Waals surface area contributed by atoms with Crippen molar-refractivity contribution in [1.29, 1.82) is 0 Å². The molecular weight excluding hydrogens is 224 g/mol. The number of H-pyrrole nitrogens is 1. The maximum absolute atomic E-state index is 5.32. The first-order valence-corrected chi connectivity index (χ1v) is 6.05. The van der Waals surface area contributed by atoms with Crippen molar-refractivity contribution in [1.82, 2.24) is 9.97 Å². The Kier molecular flexibility index (Phi) is 3.13. The third kappa shape index (κ3) is 2.38. The van der Waals surface area contributed by atoms with Gasteiger partial charge in [0.05, 0.1) is 11.9 Å². The van der Waals surface area contributed by atoms with Gasteiger partial charge in [0.1, 0.15) is 0 Å². The average Bonchev–Trinajstić information content (AvgIpc) is 2.76. The Labute approximate surface area is 108 Å². The van der Waals surface area contributed by atoms with Crippen LogP contribution in [-0.4, -0.2) is 9.97 Å². The van der Waals surface area contributed by atoms with Crippen LogP contribution >= 0.6 is 0 Å². The van der Waals surface area contributed by atoms with Crippen LogP contribution in [0.25, 0.3) is 11.3 Å². The van der Waals surface area contributed by atoms with Crippen LogP contribution in [0.5, 0.6) is 0 Å². The average molecular weight is 244 g/mol. The molecule has 0 aliphatic carbocycles. The number of nitrogen functional groups attached to an aromatic ring is 1. The van der Waals surface area contributed by atoms with E-state index in [0.29, 0.717) is 5.95 Å². The van der Waals surface area contributed by atoms with Crippen molar-refractivity contribution in [3.8, 4) is 11.3 Å². The molecule has 4 N–H and O–H groups in total. The predicted molar refractivity (Wildman–Crippen MR) is 75.3 cm³/mol. The number of rotatable bonds is 2. The van der Waals surface area contributed by atoms with E-state index in [-0.39, 0.29) is 5.41 Å². The van der Waals surface area contributed by atoms with E-state index in [1.807, 2.05) is 0 Å². The van der Waals surface area contributed by atoms with Crippen LogP contribution in [0.4, 0.5) is 5.95 Å². The van der Waals surface area contributed by atoms with Crippen molar-refractivity contribution >= 4 is 5.95 Å². The van der Waals surface area contributed by atoms with Gasteiger partial charge in [0.15, 0.2) is 0 Å². The second-order valence-corrected chi connectivity index (χ2v) is 5.57. The predicted octanol–water partition coefficient (Wildman–Crippen LogP) is 2.97. The van der Waals surface area contributed by atoms with Crippen LogP contribution < -0.4 is 11.3 Å². The normalized spacial score (nSPS) is 11.6. The lowest BCUT2D eigenvalue weighted by Gasteiger charge is -2.20. The standard InChI is InChI=1S/C14H20N4/c1-9-7-10(14(2,3)4)5-6-11(9)12-8-16-13(17-12)18-15/h5-8H,15H2,1-4H3,(H2,16,17,18). The summed E-state index contributed by atoms with van der Waals surface area (Å²) in [6.07, 6.45) is 1.79. The van der Waals surface area contributed by atoms with Gasteiger partial charge in [0.2, 0.25) is 5.95 Å². The van der Waals surface area contributed by atoms with Gasteiger partial charge < -0.3 is 4.98 Å². The number of aromatic amines is 1. The van der Waals surface area contributed by atoms with Crippen molar-refractivity contribution in [3.05, 3.63) is 35.5 Å². The van der Waals surface area contributed by atoms with Gasteiger partial charge in [-0.3, -0.25) is 5.43 Å². The summed E-state index contributed by atoms with van der Waals surface area (Å²) in [5.74, 6) is 5.89. The van der Waals surface area contributed by atoms with Gasteiger partial charge in [-0.25, -0.2) is 10.8 Å². The van der Waals surface area contributed by atoms with Crippen LogP contribution in [0.1, 0.15) is 31.9 Å². The Morgan fingerprint density at radius 3 is 2.50 bits per heavy atom. The molecule has 0 radical (unpaired) electrons. The van der Waals surface area contributed by atoms with E-state index in [0.717, 1.165) is 11.3 Å². The number of hydrogen-bond acceptors (Lipinski definition) is 3. The monoisotopic (exact) mass is 244 g/mol. The van der Waals surface area contributed by atoms with Gasteiger partial charge in [0.25, 0.3) is 0 Å². The van der Waals surface area contributed by atoms with Gasteiger partial charge in [-0.15, -0.1) is 0 Å². The zero-order valence-corrected chi connectivity index (χ0v) is 11.3. The molecule has 0 unspecified atom stereocenters.